The summed E-state index contributed by atoms with van der Waals surface area (Å²) in [6.07, 6.45) is 1.72. The second kappa shape index (κ2) is 4.99. The largest absolute Gasteiger partial charge is 0.477 e. The average molecular weight is 289 g/mol. The zero-order valence-corrected chi connectivity index (χ0v) is 11.6. The van der Waals surface area contributed by atoms with Crippen molar-refractivity contribution in [2.24, 2.45) is 5.92 Å². The van der Waals surface area contributed by atoms with Gasteiger partial charge in [0, 0.05) is 13.1 Å². The van der Waals surface area contributed by atoms with E-state index in [1.54, 1.807) is 0 Å². The van der Waals surface area contributed by atoms with Crippen LogP contribution in [0.15, 0.2) is 16.3 Å². The zero-order chi connectivity index (χ0) is 13.3. The van der Waals surface area contributed by atoms with Gasteiger partial charge in [0.15, 0.2) is 0 Å². The van der Waals surface area contributed by atoms with Gasteiger partial charge in [-0.3, -0.25) is 0 Å². The van der Waals surface area contributed by atoms with Crippen LogP contribution in [-0.4, -0.2) is 36.9 Å². The molecule has 1 saturated heterocycles. The summed E-state index contributed by atoms with van der Waals surface area (Å²) in [7, 11) is -3.51. The predicted molar refractivity (Wildman–Crippen MR) is 68.4 cm³/mol. The lowest BCUT2D eigenvalue weighted by Gasteiger charge is -2.28. The smallest absolute Gasteiger partial charge is 0.345 e. The maximum absolute atomic E-state index is 12.3. The summed E-state index contributed by atoms with van der Waals surface area (Å²) >= 11 is 0.813. The highest BCUT2D eigenvalue weighted by atomic mass is 32.2. The van der Waals surface area contributed by atoms with Crippen molar-refractivity contribution in [3.05, 3.63) is 17.0 Å². The van der Waals surface area contributed by atoms with Crippen molar-refractivity contribution in [2.45, 2.75) is 24.0 Å². The summed E-state index contributed by atoms with van der Waals surface area (Å²) in [4.78, 5) is 10.8. The van der Waals surface area contributed by atoms with Crippen LogP contribution >= 0.6 is 11.3 Å². The number of carboxylic acid groups (broad SMARTS) is 1. The Bertz CT molecular complexity index is 541. The molecule has 1 aromatic rings. The number of nitrogens with zero attached hydrogens (tertiary/aromatic N) is 1. The van der Waals surface area contributed by atoms with E-state index in [2.05, 4.69) is 6.92 Å². The number of rotatable bonds is 3. The molecule has 0 aliphatic carbocycles. The maximum atomic E-state index is 12.3. The van der Waals surface area contributed by atoms with Gasteiger partial charge in [-0.1, -0.05) is 6.92 Å². The van der Waals surface area contributed by atoms with Gasteiger partial charge in [0.1, 0.15) is 9.09 Å². The number of piperidine rings is 1. The van der Waals surface area contributed by atoms with Crippen LogP contribution in [0.5, 0.6) is 0 Å². The summed E-state index contributed by atoms with van der Waals surface area (Å²) in [6, 6.07) is 2.72. The highest BCUT2D eigenvalue weighted by Gasteiger charge is 2.29. The van der Waals surface area contributed by atoms with Crippen LogP contribution in [0.3, 0.4) is 0 Å². The molecule has 0 atom stereocenters. The molecule has 1 fully saturated rings. The van der Waals surface area contributed by atoms with E-state index >= 15 is 0 Å². The molecule has 7 heteroatoms. The molecule has 1 N–H and O–H groups in total. The molecule has 1 aromatic heterocycles. The minimum atomic E-state index is -3.51. The molecule has 0 radical (unpaired) electrons. The molecule has 0 aromatic carbocycles. The first-order chi connectivity index (χ1) is 8.41. The molecule has 100 valence electrons. The standard InChI is InChI=1S/C11H15NO4S2/c1-8-4-6-12(7-5-8)18(15,16)10-3-2-9(17-10)11(13)14/h2-3,8H,4-7H2,1H3,(H,13,14). The normalized spacial score (nSPS) is 18.9. The average Bonchev–Trinajstić information content (AvgIpc) is 2.79. The van der Waals surface area contributed by atoms with Crippen molar-refractivity contribution in [1.29, 1.82) is 0 Å². The fourth-order valence-electron chi connectivity index (χ4n) is 1.93. The lowest BCUT2D eigenvalue weighted by molar-refractivity contribution is 0.0702. The number of thiophene rings is 1. The van der Waals surface area contributed by atoms with Gasteiger partial charge in [-0.2, -0.15) is 4.31 Å². The molecular formula is C11H15NO4S2. The Labute approximate surface area is 110 Å². The van der Waals surface area contributed by atoms with Crippen LogP contribution in [0, 0.1) is 5.92 Å². The van der Waals surface area contributed by atoms with Gasteiger partial charge in [0.25, 0.3) is 10.0 Å². The van der Waals surface area contributed by atoms with Crippen molar-refractivity contribution in [2.75, 3.05) is 13.1 Å². The number of hydrogen-bond acceptors (Lipinski definition) is 4. The fourth-order valence-corrected chi connectivity index (χ4v) is 4.70. The molecule has 18 heavy (non-hydrogen) atoms. The highest BCUT2D eigenvalue weighted by molar-refractivity contribution is 7.91. The van der Waals surface area contributed by atoms with Crippen LogP contribution < -0.4 is 0 Å². The molecule has 1 aliphatic rings. The summed E-state index contributed by atoms with van der Waals surface area (Å²) in [6.45, 7) is 3.14. The van der Waals surface area contributed by atoms with Crippen molar-refractivity contribution >= 4 is 27.3 Å². The Balaban J connectivity index is 2.22. The van der Waals surface area contributed by atoms with Crippen molar-refractivity contribution < 1.29 is 18.3 Å². The number of sulfonamides is 1. The van der Waals surface area contributed by atoms with Crippen LogP contribution in [0.25, 0.3) is 0 Å². The third-order valence-electron chi connectivity index (χ3n) is 3.13. The van der Waals surface area contributed by atoms with Gasteiger partial charge < -0.3 is 5.11 Å². The Morgan fingerprint density at radius 1 is 1.39 bits per heavy atom. The predicted octanol–water partition coefficient (Wildman–Crippen LogP) is 1.87. The Hall–Kier alpha value is -0.920. The van der Waals surface area contributed by atoms with Crippen LogP contribution in [0.4, 0.5) is 0 Å². The SMILES string of the molecule is CC1CCN(S(=O)(=O)c2ccc(C(=O)O)s2)CC1. The topological polar surface area (TPSA) is 74.7 Å². The monoisotopic (exact) mass is 289 g/mol. The second-order valence-electron chi connectivity index (χ2n) is 4.51. The van der Waals surface area contributed by atoms with Gasteiger partial charge in [-0.15, -0.1) is 11.3 Å². The van der Waals surface area contributed by atoms with E-state index in [1.165, 1.54) is 16.4 Å². The lowest BCUT2D eigenvalue weighted by atomic mass is 10.0. The van der Waals surface area contributed by atoms with Crippen LogP contribution in [-0.2, 0) is 10.0 Å². The first-order valence-corrected chi connectivity index (χ1v) is 8.00. The molecule has 2 heterocycles. The highest BCUT2D eigenvalue weighted by Crippen LogP contribution is 2.28. The summed E-state index contributed by atoms with van der Waals surface area (Å²) in [5, 5.41) is 8.81. The molecule has 2 rings (SSSR count). The molecule has 0 bridgehead atoms. The Kier molecular flexibility index (Phi) is 3.74. The van der Waals surface area contributed by atoms with Gasteiger partial charge >= 0.3 is 5.97 Å². The number of carboxylic acids is 1. The Morgan fingerprint density at radius 2 is 2.00 bits per heavy atom. The Morgan fingerprint density at radius 3 is 2.50 bits per heavy atom. The molecule has 0 saturated carbocycles. The zero-order valence-electron chi connectivity index (χ0n) is 10.00. The summed E-state index contributed by atoms with van der Waals surface area (Å²) in [5.41, 5.74) is 0. The van der Waals surface area contributed by atoms with Crippen LogP contribution in [0.2, 0.25) is 0 Å². The lowest BCUT2D eigenvalue weighted by Crippen LogP contribution is -2.37. The van der Waals surface area contributed by atoms with E-state index in [0.717, 1.165) is 24.2 Å². The summed E-state index contributed by atoms with van der Waals surface area (Å²) in [5.74, 6) is -0.539. The quantitative estimate of drug-likeness (QED) is 0.921. The number of hydrogen-bond donors (Lipinski definition) is 1. The number of carbonyl (C=O) groups is 1. The van der Waals surface area contributed by atoms with E-state index < -0.39 is 16.0 Å². The molecule has 1 aliphatic heterocycles. The molecular weight excluding hydrogens is 274 g/mol. The van der Waals surface area contributed by atoms with Crippen molar-refractivity contribution in [1.82, 2.24) is 4.31 Å². The van der Waals surface area contributed by atoms with E-state index in [4.69, 9.17) is 5.11 Å². The molecule has 0 spiro atoms. The number of aromatic carboxylic acids is 1. The second-order valence-corrected chi connectivity index (χ2v) is 7.76. The third-order valence-corrected chi connectivity index (χ3v) is 6.57. The summed E-state index contributed by atoms with van der Waals surface area (Å²) < 4.78 is 26.1. The van der Waals surface area contributed by atoms with Gasteiger partial charge in [0.2, 0.25) is 0 Å². The molecule has 0 unspecified atom stereocenters. The molecule has 0 amide bonds. The van der Waals surface area contributed by atoms with E-state index in [9.17, 15) is 13.2 Å². The van der Waals surface area contributed by atoms with E-state index in [-0.39, 0.29) is 9.09 Å². The first-order valence-electron chi connectivity index (χ1n) is 5.74. The fraction of sp³-hybridized carbons (Fsp3) is 0.545. The first kappa shape index (κ1) is 13.5. The van der Waals surface area contributed by atoms with E-state index in [0.29, 0.717) is 19.0 Å². The van der Waals surface area contributed by atoms with Crippen molar-refractivity contribution in [3.63, 3.8) is 0 Å². The van der Waals surface area contributed by atoms with Crippen LogP contribution in [0.1, 0.15) is 29.4 Å². The third kappa shape index (κ3) is 2.57. The van der Waals surface area contributed by atoms with Gasteiger partial charge in [-0.05, 0) is 30.9 Å². The minimum absolute atomic E-state index is 0.0546. The van der Waals surface area contributed by atoms with Gasteiger partial charge in [-0.25, -0.2) is 13.2 Å². The minimum Gasteiger partial charge on any atom is -0.477 e. The maximum Gasteiger partial charge on any atom is 0.345 e. The van der Waals surface area contributed by atoms with Gasteiger partial charge in [0.05, 0.1) is 0 Å². The molecule has 5 nitrogen and oxygen atoms in total. The van der Waals surface area contributed by atoms with Crippen molar-refractivity contribution in [3.8, 4) is 0 Å². The van der Waals surface area contributed by atoms with E-state index in [1.807, 2.05) is 0 Å².